The fraction of sp³-hybridized carbons (Fsp3) is 0.556. The second-order valence-corrected chi connectivity index (χ2v) is 6.19. The van der Waals surface area contributed by atoms with Crippen LogP contribution in [0.3, 0.4) is 0 Å². The minimum absolute atomic E-state index is 0.149. The molecule has 7 heteroatoms. The summed E-state index contributed by atoms with van der Waals surface area (Å²) in [5.74, 6) is -0.315. The molecule has 0 fully saturated rings. The number of anilines is 1. The molecule has 0 radical (unpaired) electrons. The molecule has 0 bridgehead atoms. The van der Waals surface area contributed by atoms with E-state index in [0.29, 0.717) is 43.4 Å². The summed E-state index contributed by atoms with van der Waals surface area (Å²) in [5, 5.41) is 3.41. The van der Waals surface area contributed by atoms with Crippen molar-refractivity contribution in [1.82, 2.24) is 4.90 Å². The van der Waals surface area contributed by atoms with E-state index < -0.39 is 0 Å². The summed E-state index contributed by atoms with van der Waals surface area (Å²) in [6, 6.07) is 6.60. The first-order valence-corrected chi connectivity index (χ1v) is 8.89. The molecular weight excluding hydrogens is 344 g/mol. The Morgan fingerprint density at radius 2 is 1.88 bits per heavy atom. The highest BCUT2D eigenvalue weighted by Crippen LogP contribution is 2.14. The summed E-state index contributed by atoms with van der Waals surface area (Å²) in [7, 11) is 0. The zero-order valence-corrected chi connectivity index (χ0v) is 15.8. The number of benzene rings is 1. The van der Waals surface area contributed by atoms with Crippen LogP contribution < -0.4 is 5.32 Å². The molecule has 140 valence electrons. The van der Waals surface area contributed by atoms with Gasteiger partial charge in [-0.15, -0.1) is 0 Å². The van der Waals surface area contributed by atoms with Crippen molar-refractivity contribution < 1.29 is 19.1 Å². The van der Waals surface area contributed by atoms with Gasteiger partial charge in [0.05, 0.1) is 19.1 Å². The van der Waals surface area contributed by atoms with Crippen LogP contribution in [0.2, 0.25) is 5.02 Å². The van der Waals surface area contributed by atoms with Gasteiger partial charge in [0, 0.05) is 30.4 Å². The van der Waals surface area contributed by atoms with Gasteiger partial charge in [0.1, 0.15) is 0 Å². The van der Waals surface area contributed by atoms with Crippen LogP contribution in [-0.4, -0.2) is 49.3 Å². The maximum atomic E-state index is 12.5. The normalized spacial score (nSPS) is 10.6. The molecule has 0 unspecified atom stereocenters. The molecular formula is C18H27ClN2O4. The number of hydrogen-bond donors (Lipinski definition) is 1. The van der Waals surface area contributed by atoms with Crippen LogP contribution in [0.4, 0.5) is 10.5 Å². The Balaban J connectivity index is 2.58. The third-order valence-electron chi connectivity index (χ3n) is 3.30. The SMILES string of the molecule is CCOC(=O)CCN(CCCOC(C)C)C(=O)Nc1ccc(Cl)cc1. The van der Waals surface area contributed by atoms with Crippen molar-refractivity contribution in [2.75, 3.05) is 31.6 Å². The highest BCUT2D eigenvalue weighted by Gasteiger charge is 2.15. The molecule has 25 heavy (non-hydrogen) atoms. The molecule has 1 N–H and O–H groups in total. The summed E-state index contributed by atoms with van der Waals surface area (Å²) in [4.78, 5) is 25.6. The van der Waals surface area contributed by atoms with E-state index in [1.165, 1.54) is 0 Å². The zero-order valence-electron chi connectivity index (χ0n) is 15.1. The number of carbonyl (C=O) groups excluding carboxylic acids is 2. The van der Waals surface area contributed by atoms with Crippen molar-refractivity contribution in [3.63, 3.8) is 0 Å². The molecule has 1 rings (SSSR count). The number of halogens is 1. The largest absolute Gasteiger partial charge is 0.466 e. The fourth-order valence-corrected chi connectivity index (χ4v) is 2.21. The van der Waals surface area contributed by atoms with Crippen LogP contribution >= 0.6 is 11.6 Å². The second-order valence-electron chi connectivity index (χ2n) is 5.75. The summed E-state index contributed by atoms with van der Waals surface area (Å²) in [5.41, 5.74) is 0.647. The first-order valence-electron chi connectivity index (χ1n) is 8.51. The van der Waals surface area contributed by atoms with E-state index in [2.05, 4.69) is 5.32 Å². The smallest absolute Gasteiger partial charge is 0.321 e. The number of carbonyl (C=O) groups is 2. The molecule has 0 heterocycles. The fourth-order valence-electron chi connectivity index (χ4n) is 2.08. The Labute approximate surface area is 154 Å². The number of rotatable bonds is 10. The van der Waals surface area contributed by atoms with Crippen LogP contribution in [-0.2, 0) is 14.3 Å². The molecule has 0 atom stereocenters. The minimum atomic E-state index is -0.315. The Kier molecular flexibility index (Phi) is 9.96. The summed E-state index contributed by atoms with van der Waals surface area (Å²) in [6.45, 7) is 7.36. The number of amides is 2. The third-order valence-corrected chi connectivity index (χ3v) is 3.55. The van der Waals surface area contributed by atoms with Crippen molar-refractivity contribution in [1.29, 1.82) is 0 Å². The second kappa shape index (κ2) is 11.7. The van der Waals surface area contributed by atoms with Gasteiger partial charge in [0.15, 0.2) is 0 Å². The highest BCUT2D eigenvalue weighted by molar-refractivity contribution is 6.30. The van der Waals surface area contributed by atoms with Gasteiger partial charge in [-0.2, -0.15) is 0 Å². The van der Waals surface area contributed by atoms with Crippen LogP contribution in [0.5, 0.6) is 0 Å². The molecule has 0 aliphatic carbocycles. The summed E-state index contributed by atoms with van der Waals surface area (Å²) < 4.78 is 10.4. The monoisotopic (exact) mass is 370 g/mol. The third kappa shape index (κ3) is 9.31. The molecule has 0 saturated heterocycles. The lowest BCUT2D eigenvalue weighted by molar-refractivity contribution is -0.143. The van der Waals surface area contributed by atoms with Crippen molar-refractivity contribution in [2.45, 2.75) is 39.7 Å². The number of urea groups is 1. The lowest BCUT2D eigenvalue weighted by Gasteiger charge is -2.23. The average Bonchev–Trinajstić information content (AvgIpc) is 2.56. The van der Waals surface area contributed by atoms with Gasteiger partial charge in [0.25, 0.3) is 0 Å². The van der Waals surface area contributed by atoms with Gasteiger partial charge in [-0.3, -0.25) is 4.79 Å². The van der Waals surface area contributed by atoms with Crippen molar-refractivity contribution in [3.05, 3.63) is 29.3 Å². The van der Waals surface area contributed by atoms with Gasteiger partial charge >= 0.3 is 12.0 Å². The van der Waals surface area contributed by atoms with Crippen LogP contribution in [0.15, 0.2) is 24.3 Å². The predicted octanol–water partition coefficient (Wildman–Crippen LogP) is 3.94. The van der Waals surface area contributed by atoms with Gasteiger partial charge in [-0.05, 0) is 51.5 Å². The molecule has 0 aliphatic rings. The van der Waals surface area contributed by atoms with Crippen molar-refractivity contribution in [3.8, 4) is 0 Å². The molecule has 0 saturated carbocycles. The molecule has 6 nitrogen and oxygen atoms in total. The van der Waals surface area contributed by atoms with Gasteiger partial charge in [-0.25, -0.2) is 4.79 Å². The van der Waals surface area contributed by atoms with E-state index in [9.17, 15) is 9.59 Å². The maximum Gasteiger partial charge on any atom is 0.321 e. The Morgan fingerprint density at radius 1 is 1.20 bits per heavy atom. The summed E-state index contributed by atoms with van der Waals surface area (Å²) >= 11 is 5.85. The highest BCUT2D eigenvalue weighted by atomic mass is 35.5. The van der Waals surface area contributed by atoms with E-state index in [1.54, 1.807) is 36.1 Å². The van der Waals surface area contributed by atoms with E-state index in [4.69, 9.17) is 21.1 Å². The van der Waals surface area contributed by atoms with Crippen LogP contribution in [0.1, 0.15) is 33.6 Å². The van der Waals surface area contributed by atoms with E-state index in [0.717, 1.165) is 0 Å². The van der Waals surface area contributed by atoms with E-state index >= 15 is 0 Å². The topological polar surface area (TPSA) is 67.9 Å². The van der Waals surface area contributed by atoms with Crippen molar-refractivity contribution >= 4 is 29.3 Å². The Morgan fingerprint density at radius 3 is 2.48 bits per heavy atom. The Hall–Kier alpha value is -1.79. The van der Waals surface area contributed by atoms with Gasteiger partial charge in [0.2, 0.25) is 0 Å². The van der Waals surface area contributed by atoms with Gasteiger partial charge in [-0.1, -0.05) is 11.6 Å². The van der Waals surface area contributed by atoms with Crippen LogP contribution in [0, 0.1) is 0 Å². The minimum Gasteiger partial charge on any atom is -0.466 e. The number of esters is 1. The predicted molar refractivity (Wildman–Crippen MR) is 99.0 cm³/mol. The molecule has 0 aromatic heterocycles. The number of hydrogen-bond acceptors (Lipinski definition) is 4. The molecule has 1 aromatic carbocycles. The van der Waals surface area contributed by atoms with Crippen LogP contribution in [0.25, 0.3) is 0 Å². The standard InChI is InChI=1S/C18H27ClN2O4/c1-4-24-17(22)10-12-21(11-5-13-25-14(2)3)18(23)20-16-8-6-15(19)7-9-16/h6-9,14H,4-5,10-13H2,1-3H3,(H,20,23). The number of nitrogens with one attached hydrogen (secondary N) is 1. The van der Waals surface area contributed by atoms with Crippen molar-refractivity contribution in [2.24, 2.45) is 0 Å². The average molecular weight is 371 g/mol. The number of ether oxygens (including phenoxy) is 2. The molecule has 0 aliphatic heterocycles. The first kappa shape index (κ1) is 21.3. The number of nitrogens with zero attached hydrogens (tertiary/aromatic N) is 1. The quantitative estimate of drug-likeness (QED) is 0.500. The lowest BCUT2D eigenvalue weighted by Crippen LogP contribution is -2.38. The maximum absolute atomic E-state index is 12.5. The lowest BCUT2D eigenvalue weighted by atomic mass is 10.3. The first-order chi connectivity index (χ1) is 11.9. The Bertz CT molecular complexity index is 534. The molecule has 0 spiro atoms. The van der Waals surface area contributed by atoms with E-state index in [-0.39, 0.29) is 24.5 Å². The summed E-state index contributed by atoms with van der Waals surface area (Å²) in [6.07, 6.45) is 0.998. The van der Waals surface area contributed by atoms with Gasteiger partial charge < -0.3 is 19.7 Å². The zero-order chi connectivity index (χ0) is 18.7. The molecule has 1 aromatic rings. The molecule has 2 amide bonds. The van der Waals surface area contributed by atoms with E-state index in [1.807, 2.05) is 13.8 Å².